The van der Waals surface area contributed by atoms with E-state index in [1.165, 1.54) is 22.7 Å². The quantitative estimate of drug-likeness (QED) is 0.322. The summed E-state index contributed by atoms with van der Waals surface area (Å²) in [5.41, 5.74) is 1.15. The summed E-state index contributed by atoms with van der Waals surface area (Å²) in [5.74, 6) is 1.57. The minimum absolute atomic E-state index is 0. The van der Waals surface area contributed by atoms with Crippen molar-refractivity contribution in [1.29, 1.82) is 0 Å². The molecule has 0 aliphatic carbocycles. The normalized spacial score (nSPS) is 13.1. The van der Waals surface area contributed by atoms with E-state index in [-0.39, 0.29) is 24.0 Å². The van der Waals surface area contributed by atoms with Crippen LogP contribution in [-0.2, 0) is 6.42 Å². The number of rotatable bonds is 9. The van der Waals surface area contributed by atoms with Crippen molar-refractivity contribution in [3.05, 3.63) is 15.6 Å². The molecule has 1 heterocycles. The second-order valence-corrected chi connectivity index (χ2v) is 7.77. The van der Waals surface area contributed by atoms with Gasteiger partial charge < -0.3 is 15.5 Å². The number of likely N-dealkylation sites (N-methyl/N-ethyl adjacent to an activating group) is 1. The maximum atomic E-state index is 4.59. The Morgan fingerprint density at radius 2 is 1.84 bits per heavy atom. The third kappa shape index (κ3) is 8.21. The minimum Gasteiger partial charge on any atom is -0.356 e. The number of aliphatic imine (C=N–C) groups is 1. The first-order valence-corrected chi connectivity index (χ1v) is 9.78. The smallest absolute Gasteiger partial charge is 0.191 e. The Morgan fingerprint density at radius 1 is 1.20 bits per heavy atom. The molecule has 1 rings (SSSR count). The Kier molecular flexibility index (Phi) is 12.7. The van der Waals surface area contributed by atoms with Gasteiger partial charge in [0.2, 0.25) is 0 Å². The zero-order chi connectivity index (χ0) is 18.1. The topological polar surface area (TPSA) is 52.6 Å². The molecule has 0 aliphatic heterocycles. The molecule has 0 radical (unpaired) electrons. The summed E-state index contributed by atoms with van der Waals surface area (Å²) in [7, 11) is 6.15. The average molecular weight is 481 g/mol. The summed E-state index contributed by atoms with van der Waals surface area (Å²) in [6.07, 6.45) is 3.34. The van der Waals surface area contributed by atoms with E-state index in [1.807, 2.05) is 7.05 Å². The summed E-state index contributed by atoms with van der Waals surface area (Å²) in [4.78, 5) is 12.6. The molecule has 1 aromatic rings. The molecule has 146 valence electrons. The first kappa shape index (κ1) is 24.6. The van der Waals surface area contributed by atoms with E-state index in [4.69, 9.17) is 0 Å². The highest BCUT2D eigenvalue weighted by Gasteiger charge is 2.20. The van der Waals surface area contributed by atoms with Crippen LogP contribution in [-0.4, -0.2) is 56.1 Å². The zero-order valence-electron chi connectivity index (χ0n) is 16.8. The van der Waals surface area contributed by atoms with E-state index in [2.05, 4.69) is 67.3 Å². The summed E-state index contributed by atoms with van der Waals surface area (Å²) in [6.45, 7) is 10.5. The van der Waals surface area contributed by atoms with Crippen molar-refractivity contribution in [2.75, 3.05) is 34.2 Å². The lowest BCUT2D eigenvalue weighted by Gasteiger charge is -2.32. The van der Waals surface area contributed by atoms with Gasteiger partial charge in [-0.15, -0.1) is 35.3 Å². The van der Waals surface area contributed by atoms with Crippen molar-refractivity contribution in [3.8, 4) is 0 Å². The highest BCUT2D eigenvalue weighted by atomic mass is 127. The fraction of sp³-hybridized carbons (Fsp3) is 0.778. The molecular weight excluding hydrogens is 445 g/mol. The lowest BCUT2D eigenvalue weighted by atomic mass is 9.93. The van der Waals surface area contributed by atoms with Gasteiger partial charge in [0, 0.05) is 37.5 Å². The fourth-order valence-corrected chi connectivity index (χ4v) is 3.89. The number of aryl methyl sites for hydroxylation is 2. The van der Waals surface area contributed by atoms with Crippen molar-refractivity contribution in [2.24, 2.45) is 10.9 Å². The van der Waals surface area contributed by atoms with Crippen LogP contribution in [0.2, 0.25) is 0 Å². The standard InChI is InChI=1S/C18H35N5S.HI/c1-8-15(9-2)16(23(6)7)12-21-18(19-5)20-11-10-17-22-13(3)14(4)24-17;/h15-16H,8-12H2,1-7H3,(H2,19,20,21);1H. The maximum absolute atomic E-state index is 4.59. The van der Waals surface area contributed by atoms with Crippen LogP contribution in [0.5, 0.6) is 0 Å². The fourth-order valence-electron chi connectivity index (χ4n) is 2.96. The molecule has 0 amide bonds. The Bertz CT molecular complexity index is 492. The second-order valence-electron chi connectivity index (χ2n) is 6.49. The highest BCUT2D eigenvalue weighted by Crippen LogP contribution is 2.17. The van der Waals surface area contributed by atoms with E-state index in [0.717, 1.165) is 31.2 Å². The van der Waals surface area contributed by atoms with Crippen LogP contribution in [0.1, 0.15) is 42.3 Å². The van der Waals surface area contributed by atoms with E-state index < -0.39 is 0 Å². The van der Waals surface area contributed by atoms with Gasteiger partial charge in [0.1, 0.15) is 0 Å². The molecule has 1 atom stereocenters. The molecule has 1 unspecified atom stereocenters. The zero-order valence-corrected chi connectivity index (χ0v) is 20.0. The van der Waals surface area contributed by atoms with Crippen molar-refractivity contribution in [2.45, 2.75) is 53.0 Å². The maximum Gasteiger partial charge on any atom is 0.191 e. The number of guanidine groups is 1. The first-order valence-electron chi connectivity index (χ1n) is 8.96. The Morgan fingerprint density at radius 3 is 2.28 bits per heavy atom. The lowest BCUT2D eigenvalue weighted by molar-refractivity contribution is 0.200. The van der Waals surface area contributed by atoms with Gasteiger partial charge in [-0.1, -0.05) is 26.7 Å². The largest absolute Gasteiger partial charge is 0.356 e. The molecule has 0 saturated carbocycles. The molecular formula is C18H36IN5S. The van der Waals surface area contributed by atoms with E-state index in [0.29, 0.717) is 12.0 Å². The van der Waals surface area contributed by atoms with Gasteiger partial charge in [0.05, 0.1) is 10.7 Å². The van der Waals surface area contributed by atoms with Crippen LogP contribution in [0.3, 0.4) is 0 Å². The van der Waals surface area contributed by atoms with Gasteiger partial charge >= 0.3 is 0 Å². The van der Waals surface area contributed by atoms with E-state index in [1.54, 1.807) is 11.3 Å². The van der Waals surface area contributed by atoms with Crippen LogP contribution in [0.25, 0.3) is 0 Å². The number of nitrogens with one attached hydrogen (secondary N) is 2. The van der Waals surface area contributed by atoms with Gasteiger partial charge in [0.25, 0.3) is 0 Å². The molecule has 5 nitrogen and oxygen atoms in total. The molecule has 0 fully saturated rings. The number of thiazole rings is 1. The monoisotopic (exact) mass is 481 g/mol. The molecule has 0 saturated heterocycles. The van der Waals surface area contributed by atoms with Crippen LogP contribution in [0, 0.1) is 19.8 Å². The molecule has 0 bridgehead atoms. The molecule has 0 spiro atoms. The van der Waals surface area contributed by atoms with Crippen LogP contribution >= 0.6 is 35.3 Å². The first-order chi connectivity index (χ1) is 11.4. The predicted molar refractivity (Wildman–Crippen MR) is 122 cm³/mol. The highest BCUT2D eigenvalue weighted by molar-refractivity contribution is 14.0. The lowest BCUT2D eigenvalue weighted by Crippen LogP contribution is -2.48. The van der Waals surface area contributed by atoms with Crippen molar-refractivity contribution in [1.82, 2.24) is 20.5 Å². The van der Waals surface area contributed by atoms with Gasteiger partial charge in [-0.25, -0.2) is 4.98 Å². The number of hydrogen-bond acceptors (Lipinski definition) is 4. The third-order valence-corrected chi connectivity index (χ3v) is 5.80. The number of halogens is 1. The molecule has 2 N–H and O–H groups in total. The number of hydrogen-bond donors (Lipinski definition) is 2. The Hall–Kier alpha value is -0.410. The molecule has 25 heavy (non-hydrogen) atoms. The van der Waals surface area contributed by atoms with Crippen molar-refractivity contribution < 1.29 is 0 Å². The summed E-state index contributed by atoms with van der Waals surface area (Å²) in [6, 6.07) is 0.516. The Labute approximate surface area is 175 Å². The number of aromatic nitrogens is 1. The van der Waals surface area contributed by atoms with E-state index in [9.17, 15) is 0 Å². The molecule has 7 heteroatoms. The second kappa shape index (κ2) is 12.9. The molecule has 1 aromatic heterocycles. The minimum atomic E-state index is 0. The van der Waals surface area contributed by atoms with Crippen molar-refractivity contribution in [3.63, 3.8) is 0 Å². The van der Waals surface area contributed by atoms with Gasteiger partial charge in [-0.2, -0.15) is 0 Å². The van der Waals surface area contributed by atoms with Gasteiger partial charge in [-0.3, -0.25) is 4.99 Å². The summed E-state index contributed by atoms with van der Waals surface area (Å²) < 4.78 is 0. The summed E-state index contributed by atoms with van der Waals surface area (Å²) >= 11 is 1.79. The summed E-state index contributed by atoms with van der Waals surface area (Å²) in [5, 5.41) is 8.08. The van der Waals surface area contributed by atoms with E-state index >= 15 is 0 Å². The van der Waals surface area contributed by atoms with Crippen LogP contribution in [0.15, 0.2) is 4.99 Å². The Balaban J connectivity index is 0.00000576. The van der Waals surface area contributed by atoms with Crippen LogP contribution in [0.4, 0.5) is 0 Å². The molecule has 0 aromatic carbocycles. The van der Waals surface area contributed by atoms with Crippen LogP contribution < -0.4 is 10.6 Å². The van der Waals surface area contributed by atoms with Crippen molar-refractivity contribution >= 4 is 41.3 Å². The third-order valence-electron chi connectivity index (χ3n) is 4.66. The molecule has 0 aliphatic rings. The number of nitrogens with zero attached hydrogens (tertiary/aromatic N) is 3. The predicted octanol–water partition coefficient (Wildman–Crippen LogP) is 3.45. The van der Waals surface area contributed by atoms with Gasteiger partial charge in [0.15, 0.2) is 5.96 Å². The van der Waals surface area contributed by atoms with Gasteiger partial charge in [-0.05, 0) is 33.9 Å². The average Bonchev–Trinajstić information content (AvgIpc) is 2.87. The SMILES string of the molecule is CCC(CC)C(CNC(=NC)NCCc1nc(C)c(C)s1)N(C)C.I.